The van der Waals surface area contributed by atoms with Crippen LogP contribution < -0.4 is 10.2 Å². The molecule has 2 heterocycles. The van der Waals surface area contributed by atoms with Crippen molar-refractivity contribution < 1.29 is 9.18 Å². The third-order valence-electron chi connectivity index (χ3n) is 5.31. The van der Waals surface area contributed by atoms with Gasteiger partial charge in [0, 0.05) is 32.2 Å². The molecule has 4 rings (SSSR count). The predicted molar refractivity (Wildman–Crippen MR) is 117 cm³/mol. The zero-order valence-corrected chi connectivity index (χ0v) is 17.3. The van der Waals surface area contributed by atoms with E-state index in [0.29, 0.717) is 44.2 Å². The lowest BCUT2D eigenvalue weighted by Crippen LogP contribution is -2.49. The standard InChI is InChI=1S/C23H26FN5O/c1-17-7-9-19(10-8-17)29-22(15-18(2)26-29)25-23(30)16-27-11-13-28(14-12-27)21-6-4-3-5-20(21)24/h3-10,15H,11-14,16H2,1-2H3,(H,25,30). The van der Waals surface area contributed by atoms with Gasteiger partial charge in [0.25, 0.3) is 0 Å². The molecule has 1 aliphatic heterocycles. The predicted octanol–water partition coefficient (Wildman–Crippen LogP) is 3.39. The quantitative estimate of drug-likeness (QED) is 0.705. The van der Waals surface area contributed by atoms with Crippen LogP contribution in [0.1, 0.15) is 11.3 Å². The fourth-order valence-electron chi connectivity index (χ4n) is 3.71. The lowest BCUT2D eigenvalue weighted by Gasteiger charge is -2.35. The minimum Gasteiger partial charge on any atom is -0.367 e. The van der Waals surface area contributed by atoms with Crippen molar-refractivity contribution in [2.24, 2.45) is 0 Å². The Hall–Kier alpha value is -3.19. The van der Waals surface area contributed by atoms with E-state index in [1.807, 2.05) is 55.1 Å². The van der Waals surface area contributed by atoms with E-state index in [1.54, 1.807) is 16.8 Å². The summed E-state index contributed by atoms with van der Waals surface area (Å²) >= 11 is 0. The van der Waals surface area contributed by atoms with Crippen molar-refractivity contribution >= 4 is 17.4 Å². The van der Waals surface area contributed by atoms with Crippen LogP contribution in [0.3, 0.4) is 0 Å². The summed E-state index contributed by atoms with van der Waals surface area (Å²) in [7, 11) is 0. The molecule has 7 heteroatoms. The second kappa shape index (κ2) is 8.67. The number of carbonyl (C=O) groups is 1. The van der Waals surface area contributed by atoms with Gasteiger partial charge in [0.05, 0.1) is 23.6 Å². The SMILES string of the molecule is Cc1ccc(-n2nc(C)cc2NC(=O)CN2CCN(c3ccccc3F)CC2)cc1. The summed E-state index contributed by atoms with van der Waals surface area (Å²) < 4.78 is 15.8. The van der Waals surface area contributed by atoms with Crippen LogP contribution in [0.2, 0.25) is 0 Å². The van der Waals surface area contributed by atoms with Crippen molar-refractivity contribution in [3.8, 4) is 5.69 Å². The summed E-state index contributed by atoms with van der Waals surface area (Å²) in [5, 5.41) is 7.50. The molecule has 1 amide bonds. The number of para-hydroxylation sites is 1. The van der Waals surface area contributed by atoms with Crippen molar-refractivity contribution in [2.75, 3.05) is 42.9 Å². The molecule has 3 aromatic rings. The highest BCUT2D eigenvalue weighted by Crippen LogP contribution is 2.21. The molecule has 0 spiro atoms. The highest BCUT2D eigenvalue weighted by Gasteiger charge is 2.21. The highest BCUT2D eigenvalue weighted by atomic mass is 19.1. The van der Waals surface area contributed by atoms with Crippen LogP contribution in [0.15, 0.2) is 54.6 Å². The van der Waals surface area contributed by atoms with Gasteiger partial charge in [-0.25, -0.2) is 9.07 Å². The molecule has 6 nitrogen and oxygen atoms in total. The number of benzene rings is 2. The Morgan fingerprint density at radius 3 is 2.43 bits per heavy atom. The fourth-order valence-corrected chi connectivity index (χ4v) is 3.71. The Labute approximate surface area is 175 Å². The summed E-state index contributed by atoms with van der Waals surface area (Å²) in [6.45, 7) is 7.03. The number of anilines is 2. The van der Waals surface area contributed by atoms with Crippen LogP contribution in [0.5, 0.6) is 0 Å². The summed E-state index contributed by atoms with van der Waals surface area (Å²) in [6.07, 6.45) is 0. The molecule has 0 bridgehead atoms. The monoisotopic (exact) mass is 407 g/mol. The van der Waals surface area contributed by atoms with Gasteiger partial charge in [-0.3, -0.25) is 9.69 Å². The van der Waals surface area contributed by atoms with E-state index in [4.69, 9.17) is 0 Å². The minimum absolute atomic E-state index is 0.0809. The fraction of sp³-hybridized carbons (Fsp3) is 0.304. The maximum atomic E-state index is 14.0. The summed E-state index contributed by atoms with van der Waals surface area (Å²) in [4.78, 5) is 16.8. The molecule has 156 valence electrons. The lowest BCUT2D eigenvalue weighted by molar-refractivity contribution is -0.117. The van der Waals surface area contributed by atoms with E-state index in [2.05, 4.69) is 15.3 Å². The van der Waals surface area contributed by atoms with E-state index in [1.165, 1.54) is 11.6 Å². The van der Waals surface area contributed by atoms with Crippen molar-refractivity contribution in [3.05, 3.63) is 71.7 Å². The first-order chi connectivity index (χ1) is 14.5. The number of aryl methyl sites for hydroxylation is 2. The van der Waals surface area contributed by atoms with Gasteiger partial charge in [0.15, 0.2) is 0 Å². The number of nitrogens with zero attached hydrogens (tertiary/aromatic N) is 4. The van der Waals surface area contributed by atoms with Gasteiger partial charge >= 0.3 is 0 Å². The number of piperazine rings is 1. The van der Waals surface area contributed by atoms with Crippen LogP contribution in [0, 0.1) is 19.7 Å². The van der Waals surface area contributed by atoms with E-state index >= 15 is 0 Å². The Bertz CT molecular complexity index is 1020. The summed E-state index contributed by atoms with van der Waals surface area (Å²) in [5.74, 6) is 0.373. The molecule has 1 aromatic heterocycles. The highest BCUT2D eigenvalue weighted by molar-refractivity contribution is 5.91. The van der Waals surface area contributed by atoms with Crippen LogP contribution in [0.4, 0.5) is 15.9 Å². The molecule has 0 saturated carbocycles. The van der Waals surface area contributed by atoms with Crippen molar-refractivity contribution in [3.63, 3.8) is 0 Å². The van der Waals surface area contributed by atoms with E-state index in [-0.39, 0.29) is 11.7 Å². The lowest BCUT2D eigenvalue weighted by atomic mass is 10.2. The first-order valence-electron chi connectivity index (χ1n) is 10.1. The maximum absolute atomic E-state index is 14.0. The molecular weight excluding hydrogens is 381 g/mol. The molecule has 0 unspecified atom stereocenters. The number of hydrogen-bond donors (Lipinski definition) is 1. The number of nitrogens with one attached hydrogen (secondary N) is 1. The summed E-state index contributed by atoms with van der Waals surface area (Å²) in [5.41, 5.74) is 3.54. The number of aromatic nitrogens is 2. The second-order valence-corrected chi connectivity index (χ2v) is 7.68. The number of halogens is 1. The zero-order valence-electron chi connectivity index (χ0n) is 17.3. The van der Waals surface area contributed by atoms with Gasteiger partial charge in [0.2, 0.25) is 5.91 Å². The van der Waals surface area contributed by atoms with Gasteiger partial charge in [-0.2, -0.15) is 5.10 Å². The molecular formula is C23H26FN5O. The largest absolute Gasteiger partial charge is 0.367 e. The van der Waals surface area contributed by atoms with Gasteiger partial charge in [-0.1, -0.05) is 29.8 Å². The van der Waals surface area contributed by atoms with Gasteiger partial charge < -0.3 is 10.2 Å². The third-order valence-corrected chi connectivity index (χ3v) is 5.31. The molecule has 1 N–H and O–H groups in total. The number of amides is 1. The average Bonchev–Trinajstić information content (AvgIpc) is 3.09. The molecule has 1 saturated heterocycles. The van der Waals surface area contributed by atoms with E-state index in [9.17, 15) is 9.18 Å². The molecule has 0 aliphatic carbocycles. The number of hydrogen-bond acceptors (Lipinski definition) is 4. The Morgan fingerprint density at radius 2 is 1.73 bits per heavy atom. The van der Waals surface area contributed by atoms with Crippen molar-refractivity contribution in [1.82, 2.24) is 14.7 Å². The Morgan fingerprint density at radius 1 is 1.03 bits per heavy atom. The molecule has 0 radical (unpaired) electrons. The maximum Gasteiger partial charge on any atom is 0.239 e. The number of carbonyl (C=O) groups excluding carboxylic acids is 1. The Kier molecular flexibility index (Phi) is 5.81. The van der Waals surface area contributed by atoms with Gasteiger partial charge in [-0.15, -0.1) is 0 Å². The first-order valence-corrected chi connectivity index (χ1v) is 10.1. The molecule has 1 fully saturated rings. The van der Waals surface area contributed by atoms with Crippen LogP contribution >= 0.6 is 0 Å². The van der Waals surface area contributed by atoms with Crippen molar-refractivity contribution in [2.45, 2.75) is 13.8 Å². The smallest absolute Gasteiger partial charge is 0.239 e. The van der Waals surface area contributed by atoms with Crippen LogP contribution in [0.25, 0.3) is 5.69 Å². The van der Waals surface area contributed by atoms with Gasteiger partial charge in [0.1, 0.15) is 11.6 Å². The average molecular weight is 407 g/mol. The third kappa shape index (κ3) is 4.52. The minimum atomic E-state index is -0.205. The topological polar surface area (TPSA) is 53.4 Å². The Balaban J connectivity index is 1.36. The molecule has 30 heavy (non-hydrogen) atoms. The second-order valence-electron chi connectivity index (χ2n) is 7.68. The van der Waals surface area contributed by atoms with Crippen LogP contribution in [-0.4, -0.2) is 53.3 Å². The normalized spacial score (nSPS) is 14.7. The zero-order chi connectivity index (χ0) is 21.1. The van der Waals surface area contributed by atoms with Crippen LogP contribution in [-0.2, 0) is 4.79 Å². The molecule has 1 aliphatic rings. The number of rotatable bonds is 5. The van der Waals surface area contributed by atoms with E-state index < -0.39 is 0 Å². The molecule has 0 atom stereocenters. The first kappa shape index (κ1) is 20.1. The summed E-state index contributed by atoms with van der Waals surface area (Å²) in [6, 6.07) is 16.7. The van der Waals surface area contributed by atoms with E-state index in [0.717, 1.165) is 11.4 Å². The van der Waals surface area contributed by atoms with Crippen molar-refractivity contribution in [1.29, 1.82) is 0 Å². The van der Waals surface area contributed by atoms with Gasteiger partial charge in [-0.05, 0) is 38.1 Å². The molecule has 2 aromatic carbocycles.